The van der Waals surface area contributed by atoms with Crippen LogP contribution in [0.25, 0.3) is 0 Å². The second kappa shape index (κ2) is 6.85. The van der Waals surface area contributed by atoms with E-state index in [4.69, 9.17) is 4.74 Å². The molecule has 1 fully saturated rings. The molecule has 1 aliphatic rings. The van der Waals surface area contributed by atoms with Crippen LogP contribution in [-0.2, 0) is 9.53 Å². The molecule has 0 saturated carbocycles. The molecule has 0 unspecified atom stereocenters. The van der Waals surface area contributed by atoms with Gasteiger partial charge in [-0.25, -0.2) is 0 Å². The standard InChI is InChI=1S/C14H17BrN2O3/c1-10(14(19)17-5-7-20-8-6-17)16-13(18)11-3-2-4-12(15)9-11/h2-4,9-10H,5-8H2,1H3,(H,16,18)/t10-/m0/s1. The van der Waals surface area contributed by atoms with Gasteiger partial charge in [-0.15, -0.1) is 0 Å². The van der Waals surface area contributed by atoms with Crippen LogP contribution in [0.4, 0.5) is 0 Å². The summed E-state index contributed by atoms with van der Waals surface area (Å²) in [4.78, 5) is 26.0. The number of carbonyl (C=O) groups excluding carboxylic acids is 2. The van der Waals surface area contributed by atoms with Crippen LogP contribution < -0.4 is 5.32 Å². The molecule has 1 atom stereocenters. The third-order valence-electron chi connectivity index (χ3n) is 3.13. The van der Waals surface area contributed by atoms with Crippen molar-refractivity contribution in [2.45, 2.75) is 13.0 Å². The second-order valence-corrected chi connectivity index (χ2v) is 5.56. The molecule has 1 N–H and O–H groups in total. The molecule has 0 spiro atoms. The lowest BCUT2D eigenvalue weighted by Crippen LogP contribution is -2.50. The predicted octanol–water partition coefficient (Wildman–Crippen LogP) is 1.43. The summed E-state index contributed by atoms with van der Waals surface area (Å²) in [6, 6.07) is 6.53. The van der Waals surface area contributed by atoms with Crippen molar-refractivity contribution in [2.24, 2.45) is 0 Å². The molecule has 20 heavy (non-hydrogen) atoms. The van der Waals surface area contributed by atoms with E-state index in [2.05, 4.69) is 21.2 Å². The Balaban J connectivity index is 1.94. The topological polar surface area (TPSA) is 58.6 Å². The number of halogens is 1. The summed E-state index contributed by atoms with van der Waals surface area (Å²) >= 11 is 3.32. The van der Waals surface area contributed by atoms with Crippen LogP contribution in [0, 0.1) is 0 Å². The molecule has 0 aliphatic carbocycles. The maximum atomic E-state index is 12.2. The normalized spacial score (nSPS) is 16.6. The lowest BCUT2D eigenvalue weighted by Gasteiger charge is -2.29. The Bertz CT molecular complexity index is 501. The van der Waals surface area contributed by atoms with E-state index in [0.717, 1.165) is 4.47 Å². The third kappa shape index (κ3) is 3.80. The van der Waals surface area contributed by atoms with Crippen molar-refractivity contribution < 1.29 is 14.3 Å². The molecule has 1 aromatic carbocycles. The quantitative estimate of drug-likeness (QED) is 0.905. The van der Waals surface area contributed by atoms with Crippen molar-refractivity contribution in [1.82, 2.24) is 10.2 Å². The van der Waals surface area contributed by atoms with Crippen molar-refractivity contribution in [3.05, 3.63) is 34.3 Å². The SMILES string of the molecule is C[C@H](NC(=O)c1cccc(Br)c1)C(=O)N1CCOCC1. The first kappa shape index (κ1) is 15.0. The highest BCUT2D eigenvalue weighted by molar-refractivity contribution is 9.10. The van der Waals surface area contributed by atoms with Gasteiger partial charge in [-0.05, 0) is 25.1 Å². The van der Waals surface area contributed by atoms with E-state index in [-0.39, 0.29) is 11.8 Å². The number of nitrogens with one attached hydrogen (secondary N) is 1. The fourth-order valence-corrected chi connectivity index (χ4v) is 2.43. The van der Waals surface area contributed by atoms with Crippen LogP contribution in [0.2, 0.25) is 0 Å². The van der Waals surface area contributed by atoms with Gasteiger partial charge in [0.05, 0.1) is 13.2 Å². The summed E-state index contributed by atoms with van der Waals surface area (Å²) in [6.45, 7) is 3.97. The summed E-state index contributed by atoms with van der Waals surface area (Å²) in [5.41, 5.74) is 0.529. The third-order valence-corrected chi connectivity index (χ3v) is 3.62. The first-order valence-corrected chi connectivity index (χ1v) is 7.30. The first-order valence-electron chi connectivity index (χ1n) is 6.51. The zero-order valence-electron chi connectivity index (χ0n) is 11.3. The van der Waals surface area contributed by atoms with Crippen LogP contribution in [0.5, 0.6) is 0 Å². The molecular weight excluding hydrogens is 324 g/mol. The van der Waals surface area contributed by atoms with Crippen LogP contribution >= 0.6 is 15.9 Å². The minimum Gasteiger partial charge on any atom is -0.378 e. The van der Waals surface area contributed by atoms with Crippen molar-refractivity contribution >= 4 is 27.7 Å². The molecule has 0 radical (unpaired) electrons. The Morgan fingerprint density at radius 2 is 2.05 bits per heavy atom. The van der Waals surface area contributed by atoms with Crippen molar-refractivity contribution in [3.8, 4) is 0 Å². The number of amides is 2. The van der Waals surface area contributed by atoms with Gasteiger partial charge in [-0.2, -0.15) is 0 Å². The average Bonchev–Trinajstić information content (AvgIpc) is 2.47. The van der Waals surface area contributed by atoms with Crippen LogP contribution in [0.15, 0.2) is 28.7 Å². The number of hydrogen-bond donors (Lipinski definition) is 1. The number of carbonyl (C=O) groups is 2. The minimum absolute atomic E-state index is 0.0725. The summed E-state index contributed by atoms with van der Waals surface area (Å²) in [7, 11) is 0. The molecule has 0 bridgehead atoms. The Kier molecular flexibility index (Phi) is 5.14. The molecule has 2 amide bonds. The van der Waals surface area contributed by atoms with Gasteiger partial charge < -0.3 is 15.0 Å². The van der Waals surface area contributed by atoms with Gasteiger partial charge in [-0.1, -0.05) is 22.0 Å². The highest BCUT2D eigenvalue weighted by atomic mass is 79.9. The fraction of sp³-hybridized carbons (Fsp3) is 0.429. The number of nitrogens with zero attached hydrogens (tertiary/aromatic N) is 1. The van der Waals surface area contributed by atoms with Gasteiger partial charge in [0.1, 0.15) is 6.04 Å². The van der Waals surface area contributed by atoms with Crippen LogP contribution in [-0.4, -0.2) is 49.1 Å². The largest absolute Gasteiger partial charge is 0.378 e. The van der Waals surface area contributed by atoms with Gasteiger partial charge in [-0.3, -0.25) is 9.59 Å². The highest BCUT2D eigenvalue weighted by Gasteiger charge is 2.23. The summed E-state index contributed by atoms with van der Waals surface area (Å²) in [5.74, 6) is -0.322. The zero-order chi connectivity index (χ0) is 14.5. The average molecular weight is 341 g/mol. The number of morpholine rings is 1. The van der Waals surface area contributed by atoms with E-state index >= 15 is 0 Å². The summed E-state index contributed by atoms with van der Waals surface area (Å²) < 4.78 is 6.04. The number of benzene rings is 1. The van der Waals surface area contributed by atoms with Crippen LogP contribution in [0.1, 0.15) is 17.3 Å². The molecule has 6 heteroatoms. The lowest BCUT2D eigenvalue weighted by atomic mass is 10.2. The fourth-order valence-electron chi connectivity index (χ4n) is 2.03. The summed E-state index contributed by atoms with van der Waals surface area (Å²) in [5, 5.41) is 2.73. The molecule has 5 nitrogen and oxygen atoms in total. The van der Waals surface area contributed by atoms with Crippen LogP contribution in [0.3, 0.4) is 0 Å². The maximum Gasteiger partial charge on any atom is 0.251 e. The van der Waals surface area contributed by atoms with E-state index in [0.29, 0.717) is 31.9 Å². The van der Waals surface area contributed by atoms with E-state index in [1.807, 2.05) is 6.07 Å². The molecular formula is C14H17BrN2O3. The van der Waals surface area contributed by atoms with Gasteiger partial charge in [0.15, 0.2) is 0 Å². The number of hydrogen-bond acceptors (Lipinski definition) is 3. The van der Waals surface area contributed by atoms with Crippen molar-refractivity contribution in [1.29, 1.82) is 0 Å². The molecule has 1 aromatic rings. The first-order chi connectivity index (χ1) is 9.58. The van der Waals surface area contributed by atoms with E-state index < -0.39 is 6.04 Å². The van der Waals surface area contributed by atoms with Crippen molar-refractivity contribution in [3.63, 3.8) is 0 Å². The van der Waals surface area contributed by atoms with Gasteiger partial charge >= 0.3 is 0 Å². The van der Waals surface area contributed by atoms with Gasteiger partial charge in [0.2, 0.25) is 5.91 Å². The predicted molar refractivity (Wildman–Crippen MR) is 78.5 cm³/mol. The monoisotopic (exact) mass is 340 g/mol. The molecule has 1 aliphatic heterocycles. The van der Waals surface area contributed by atoms with E-state index in [9.17, 15) is 9.59 Å². The zero-order valence-corrected chi connectivity index (χ0v) is 12.9. The Morgan fingerprint density at radius 3 is 2.70 bits per heavy atom. The Labute approximate surface area is 126 Å². The number of ether oxygens (including phenoxy) is 1. The minimum atomic E-state index is -0.542. The molecule has 1 heterocycles. The molecule has 2 rings (SSSR count). The molecule has 1 saturated heterocycles. The van der Waals surface area contributed by atoms with E-state index in [1.54, 1.807) is 30.0 Å². The van der Waals surface area contributed by atoms with Gasteiger partial charge in [0.25, 0.3) is 5.91 Å². The second-order valence-electron chi connectivity index (χ2n) is 4.64. The lowest BCUT2D eigenvalue weighted by molar-refractivity contribution is -0.136. The smallest absolute Gasteiger partial charge is 0.251 e. The Hall–Kier alpha value is -1.40. The van der Waals surface area contributed by atoms with Crippen molar-refractivity contribution in [2.75, 3.05) is 26.3 Å². The van der Waals surface area contributed by atoms with Gasteiger partial charge in [0, 0.05) is 23.1 Å². The highest BCUT2D eigenvalue weighted by Crippen LogP contribution is 2.11. The Morgan fingerprint density at radius 1 is 1.35 bits per heavy atom. The maximum absolute atomic E-state index is 12.2. The molecule has 108 valence electrons. The number of rotatable bonds is 3. The summed E-state index contributed by atoms with van der Waals surface area (Å²) in [6.07, 6.45) is 0. The molecule has 0 aromatic heterocycles. The van der Waals surface area contributed by atoms with E-state index in [1.165, 1.54) is 0 Å².